The van der Waals surface area contributed by atoms with Crippen molar-refractivity contribution in [1.29, 1.82) is 0 Å². The normalized spacial score (nSPS) is 32.4. The van der Waals surface area contributed by atoms with Crippen LogP contribution in [0.4, 0.5) is 0 Å². The van der Waals surface area contributed by atoms with Gasteiger partial charge < -0.3 is 9.84 Å². The predicted molar refractivity (Wildman–Crippen MR) is 52.7 cm³/mol. The fraction of sp³-hybridized carbons (Fsp3) is 0.636. The molecule has 2 fully saturated rings. The van der Waals surface area contributed by atoms with Crippen LogP contribution in [0.2, 0.25) is 0 Å². The Morgan fingerprint density at radius 2 is 2.27 bits per heavy atom. The van der Waals surface area contributed by atoms with E-state index in [4.69, 9.17) is 4.52 Å². The van der Waals surface area contributed by atoms with Gasteiger partial charge in [-0.05, 0) is 31.1 Å². The lowest BCUT2D eigenvalue weighted by Crippen LogP contribution is -2.29. The number of hydrogen-bond donors (Lipinski definition) is 1. The van der Waals surface area contributed by atoms with Gasteiger partial charge in [0.15, 0.2) is 0 Å². The maximum absolute atomic E-state index is 11.7. The van der Waals surface area contributed by atoms with Crippen LogP contribution in [-0.2, 0) is 11.3 Å². The van der Waals surface area contributed by atoms with E-state index in [9.17, 15) is 4.79 Å². The molecule has 0 aliphatic heterocycles. The predicted octanol–water partition coefficient (Wildman–Crippen LogP) is 1.34. The number of hydrogen-bond acceptors (Lipinski definition) is 3. The van der Waals surface area contributed by atoms with Crippen molar-refractivity contribution < 1.29 is 9.32 Å². The van der Waals surface area contributed by atoms with Crippen LogP contribution in [0.5, 0.6) is 0 Å². The fourth-order valence-electron chi connectivity index (χ4n) is 2.58. The quantitative estimate of drug-likeness (QED) is 0.811. The van der Waals surface area contributed by atoms with Gasteiger partial charge in [-0.1, -0.05) is 5.16 Å². The van der Waals surface area contributed by atoms with Gasteiger partial charge in [-0.2, -0.15) is 0 Å². The summed E-state index contributed by atoms with van der Waals surface area (Å²) in [4.78, 5) is 11.7. The summed E-state index contributed by atoms with van der Waals surface area (Å²) in [6, 6.07) is 1.77. The van der Waals surface area contributed by atoms with Gasteiger partial charge in [0, 0.05) is 12.0 Å². The van der Waals surface area contributed by atoms with Crippen molar-refractivity contribution in [1.82, 2.24) is 10.5 Å². The molecule has 1 aromatic heterocycles. The summed E-state index contributed by atoms with van der Waals surface area (Å²) in [5.41, 5.74) is 0.784. The molecule has 2 aliphatic carbocycles. The molecule has 4 heteroatoms. The topological polar surface area (TPSA) is 55.1 Å². The molecule has 1 aromatic rings. The summed E-state index contributed by atoms with van der Waals surface area (Å²) >= 11 is 0. The van der Waals surface area contributed by atoms with Crippen LogP contribution in [0.15, 0.2) is 16.9 Å². The zero-order chi connectivity index (χ0) is 10.3. The highest BCUT2D eigenvalue weighted by atomic mass is 16.5. The van der Waals surface area contributed by atoms with Gasteiger partial charge in [-0.25, -0.2) is 0 Å². The molecule has 2 unspecified atom stereocenters. The molecule has 2 saturated carbocycles. The number of carbonyl (C=O) groups is 1. The third-order valence-electron chi connectivity index (χ3n) is 3.55. The molecule has 1 N–H and O–H groups in total. The van der Waals surface area contributed by atoms with Crippen molar-refractivity contribution in [2.75, 3.05) is 0 Å². The molecule has 0 bridgehead atoms. The molecular formula is C11H14N2O2. The van der Waals surface area contributed by atoms with Gasteiger partial charge in [-0.15, -0.1) is 0 Å². The number of nitrogens with zero attached hydrogens (tertiary/aromatic N) is 1. The van der Waals surface area contributed by atoms with Gasteiger partial charge in [0.1, 0.15) is 12.0 Å². The highest BCUT2D eigenvalue weighted by molar-refractivity contribution is 5.79. The molecule has 80 valence electrons. The summed E-state index contributed by atoms with van der Waals surface area (Å²) in [7, 11) is 0. The average molecular weight is 206 g/mol. The number of rotatable bonds is 3. The lowest BCUT2D eigenvalue weighted by molar-refractivity contribution is -0.125. The summed E-state index contributed by atoms with van der Waals surface area (Å²) in [6.07, 6.45) is 5.06. The van der Waals surface area contributed by atoms with Crippen LogP contribution in [0.3, 0.4) is 0 Å². The summed E-state index contributed by atoms with van der Waals surface area (Å²) in [5.74, 6) is 2.14. The molecule has 4 nitrogen and oxygen atoms in total. The number of fused-ring (bicyclic) bond motifs is 1. The molecule has 1 heterocycles. The Morgan fingerprint density at radius 3 is 2.93 bits per heavy atom. The molecule has 2 atom stereocenters. The third-order valence-corrected chi connectivity index (χ3v) is 3.55. The van der Waals surface area contributed by atoms with Crippen LogP contribution in [-0.4, -0.2) is 11.1 Å². The largest absolute Gasteiger partial charge is 0.364 e. The number of carbonyl (C=O) groups excluding carboxylic acids is 1. The highest BCUT2D eigenvalue weighted by Gasteiger charge is 2.47. The van der Waals surface area contributed by atoms with E-state index in [-0.39, 0.29) is 11.8 Å². The lowest BCUT2D eigenvalue weighted by atomic mass is 10.0. The minimum atomic E-state index is 0.185. The van der Waals surface area contributed by atoms with Gasteiger partial charge in [0.05, 0.1) is 6.54 Å². The molecule has 0 aromatic carbocycles. The fourth-order valence-corrected chi connectivity index (χ4v) is 2.58. The van der Waals surface area contributed by atoms with Gasteiger partial charge in [0.25, 0.3) is 0 Å². The van der Waals surface area contributed by atoms with Gasteiger partial charge >= 0.3 is 0 Å². The van der Waals surface area contributed by atoms with E-state index in [1.54, 1.807) is 6.07 Å². The highest BCUT2D eigenvalue weighted by Crippen LogP contribution is 2.54. The Hall–Kier alpha value is -1.32. The summed E-state index contributed by atoms with van der Waals surface area (Å²) in [5, 5.41) is 6.66. The van der Waals surface area contributed by atoms with Crippen molar-refractivity contribution in [3.63, 3.8) is 0 Å². The molecular weight excluding hydrogens is 192 g/mol. The van der Waals surface area contributed by atoms with Gasteiger partial charge in [-0.3, -0.25) is 4.79 Å². The van der Waals surface area contributed by atoms with E-state index < -0.39 is 0 Å². The van der Waals surface area contributed by atoms with Crippen molar-refractivity contribution >= 4 is 5.91 Å². The van der Waals surface area contributed by atoms with Gasteiger partial charge in [0.2, 0.25) is 5.91 Å². The second kappa shape index (κ2) is 3.36. The smallest absolute Gasteiger partial charge is 0.223 e. The van der Waals surface area contributed by atoms with Crippen LogP contribution < -0.4 is 5.32 Å². The molecule has 0 radical (unpaired) electrons. The molecule has 0 spiro atoms. The first-order valence-electron chi connectivity index (χ1n) is 5.50. The Morgan fingerprint density at radius 1 is 1.47 bits per heavy atom. The van der Waals surface area contributed by atoms with E-state index in [0.29, 0.717) is 6.54 Å². The molecule has 1 amide bonds. The van der Waals surface area contributed by atoms with E-state index in [1.807, 2.05) is 0 Å². The Balaban J connectivity index is 1.49. The Kier molecular flexibility index (Phi) is 2.01. The zero-order valence-corrected chi connectivity index (χ0v) is 8.48. The first-order valence-corrected chi connectivity index (χ1v) is 5.50. The average Bonchev–Trinajstić information content (AvgIpc) is 2.75. The van der Waals surface area contributed by atoms with Crippen LogP contribution in [0.1, 0.15) is 25.0 Å². The Labute approximate surface area is 88.0 Å². The van der Waals surface area contributed by atoms with Crippen LogP contribution >= 0.6 is 0 Å². The molecule has 15 heavy (non-hydrogen) atoms. The first kappa shape index (κ1) is 8.95. The van der Waals surface area contributed by atoms with E-state index >= 15 is 0 Å². The van der Waals surface area contributed by atoms with Crippen LogP contribution in [0.25, 0.3) is 0 Å². The minimum Gasteiger partial charge on any atom is -0.364 e. The number of amides is 1. The summed E-state index contributed by atoms with van der Waals surface area (Å²) < 4.78 is 4.70. The maximum atomic E-state index is 11.7. The lowest BCUT2D eigenvalue weighted by Gasteiger charge is -2.10. The second-order valence-electron chi connectivity index (χ2n) is 4.63. The first-order chi connectivity index (χ1) is 7.33. The second-order valence-corrected chi connectivity index (χ2v) is 4.63. The Bertz CT molecular complexity index is 351. The SMILES string of the molecule is O=C(NCc1ccon1)C1CC2CC2C1. The van der Waals surface area contributed by atoms with E-state index in [2.05, 4.69) is 10.5 Å². The number of nitrogens with one attached hydrogen (secondary N) is 1. The van der Waals surface area contributed by atoms with Crippen LogP contribution in [0, 0.1) is 17.8 Å². The zero-order valence-electron chi connectivity index (χ0n) is 8.48. The van der Waals surface area contributed by atoms with E-state index in [0.717, 1.165) is 30.4 Å². The molecule has 2 aliphatic rings. The van der Waals surface area contributed by atoms with Crippen molar-refractivity contribution in [3.05, 3.63) is 18.0 Å². The minimum absolute atomic E-state index is 0.185. The number of aromatic nitrogens is 1. The van der Waals surface area contributed by atoms with E-state index in [1.165, 1.54) is 12.7 Å². The molecule has 3 rings (SSSR count). The summed E-state index contributed by atoms with van der Waals surface area (Å²) in [6.45, 7) is 0.487. The third kappa shape index (κ3) is 1.76. The monoisotopic (exact) mass is 206 g/mol. The van der Waals surface area contributed by atoms with Crippen molar-refractivity contribution in [3.8, 4) is 0 Å². The van der Waals surface area contributed by atoms with Crippen molar-refractivity contribution in [2.24, 2.45) is 17.8 Å². The molecule has 0 saturated heterocycles. The van der Waals surface area contributed by atoms with Crippen molar-refractivity contribution in [2.45, 2.75) is 25.8 Å². The standard InChI is InChI=1S/C11H14N2O2/c14-11(9-4-7-3-8(7)5-9)12-6-10-1-2-15-13-10/h1-2,7-9H,3-6H2,(H,12,14). The maximum Gasteiger partial charge on any atom is 0.223 e.